The number of halogens is 2. The summed E-state index contributed by atoms with van der Waals surface area (Å²) in [6.45, 7) is 0. The van der Waals surface area contributed by atoms with E-state index in [0.717, 1.165) is 24.3 Å². The fraction of sp³-hybridized carbons (Fsp3) is 0.348. The van der Waals surface area contributed by atoms with Gasteiger partial charge in [0.1, 0.15) is 29.5 Å². The van der Waals surface area contributed by atoms with Gasteiger partial charge in [0.05, 0.1) is 0 Å². The summed E-state index contributed by atoms with van der Waals surface area (Å²) in [6.07, 6.45) is -8.98. The standard InChI is InChI=1S/C23H22F2N2O9/c24-10-1-3-11(4-2-10)26-21(33)23(7-8-23)22(34)27-12-5-6-14(13(25)9-12)35-20-17(30)15(28)16(29)18(36-20)19(31)32/h1-6,9,15-18,20,28-30H,7-8H2,(H,26,33)(H,27,34)(H,31,32)/t15-,16-,17+,18-,20+/m0/s1. The zero-order valence-corrected chi connectivity index (χ0v) is 18.4. The molecule has 5 atom stereocenters. The van der Waals surface area contributed by atoms with Crippen molar-refractivity contribution in [3.8, 4) is 5.75 Å². The minimum atomic E-state index is -1.94. The Kier molecular flexibility index (Phi) is 6.91. The van der Waals surface area contributed by atoms with Crippen LogP contribution in [-0.4, -0.2) is 68.9 Å². The zero-order valence-electron chi connectivity index (χ0n) is 18.4. The summed E-state index contributed by atoms with van der Waals surface area (Å²) in [4.78, 5) is 36.6. The second-order valence-corrected chi connectivity index (χ2v) is 8.50. The molecule has 4 rings (SSSR count). The minimum absolute atomic E-state index is 0.0188. The molecule has 2 fully saturated rings. The molecule has 2 aromatic rings. The first-order valence-electron chi connectivity index (χ1n) is 10.8. The number of amides is 2. The fourth-order valence-electron chi connectivity index (χ4n) is 3.67. The van der Waals surface area contributed by atoms with E-state index >= 15 is 0 Å². The number of aliphatic carboxylic acids is 1. The van der Waals surface area contributed by atoms with E-state index in [0.29, 0.717) is 5.69 Å². The van der Waals surface area contributed by atoms with E-state index in [1.54, 1.807) is 0 Å². The number of anilines is 2. The number of rotatable bonds is 7. The van der Waals surface area contributed by atoms with Crippen LogP contribution in [0.3, 0.4) is 0 Å². The molecule has 1 saturated carbocycles. The van der Waals surface area contributed by atoms with Crippen LogP contribution in [0, 0.1) is 17.0 Å². The van der Waals surface area contributed by atoms with Crippen molar-refractivity contribution in [1.82, 2.24) is 0 Å². The van der Waals surface area contributed by atoms with Crippen molar-refractivity contribution in [2.45, 2.75) is 43.5 Å². The monoisotopic (exact) mass is 508 g/mol. The summed E-state index contributed by atoms with van der Waals surface area (Å²) in [6, 6.07) is 8.18. The van der Waals surface area contributed by atoms with Gasteiger partial charge < -0.3 is 40.5 Å². The number of nitrogens with one attached hydrogen (secondary N) is 2. The highest BCUT2D eigenvalue weighted by molar-refractivity contribution is 6.16. The van der Waals surface area contributed by atoms with Crippen molar-refractivity contribution in [1.29, 1.82) is 0 Å². The molecular weight excluding hydrogens is 486 g/mol. The summed E-state index contributed by atoms with van der Waals surface area (Å²) < 4.78 is 37.8. The number of aliphatic hydroxyl groups excluding tert-OH is 3. The largest absolute Gasteiger partial charge is 0.479 e. The number of carbonyl (C=O) groups excluding carboxylic acids is 2. The molecule has 13 heteroatoms. The molecule has 1 aliphatic carbocycles. The van der Waals surface area contributed by atoms with E-state index in [1.165, 1.54) is 18.2 Å². The maximum atomic E-state index is 14.7. The van der Waals surface area contributed by atoms with Crippen LogP contribution < -0.4 is 15.4 Å². The summed E-state index contributed by atoms with van der Waals surface area (Å²) >= 11 is 0. The molecule has 2 amide bonds. The second kappa shape index (κ2) is 9.78. The first-order valence-corrected chi connectivity index (χ1v) is 10.8. The SMILES string of the molecule is O=C(O)[C@H]1O[C@@H](Oc2ccc(NC(=O)C3(C(=O)Nc4ccc(F)cc4)CC3)cc2F)[C@H](O)[C@@H](O)[C@@H]1O. The summed E-state index contributed by atoms with van der Waals surface area (Å²) in [5.74, 6) is -4.91. The van der Waals surface area contributed by atoms with Crippen molar-refractivity contribution >= 4 is 29.2 Å². The Morgan fingerprint density at radius 2 is 1.47 bits per heavy atom. The fourth-order valence-corrected chi connectivity index (χ4v) is 3.67. The Morgan fingerprint density at radius 1 is 0.889 bits per heavy atom. The van der Waals surface area contributed by atoms with E-state index < -0.39 is 71.3 Å². The van der Waals surface area contributed by atoms with Crippen LogP contribution in [0.25, 0.3) is 0 Å². The topological polar surface area (TPSA) is 175 Å². The highest BCUT2D eigenvalue weighted by Crippen LogP contribution is 2.47. The number of ether oxygens (including phenoxy) is 2. The molecule has 11 nitrogen and oxygen atoms in total. The number of hydrogen-bond acceptors (Lipinski definition) is 8. The lowest BCUT2D eigenvalue weighted by Gasteiger charge is -2.38. The molecule has 1 aliphatic heterocycles. The third-order valence-electron chi connectivity index (χ3n) is 5.97. The lowest BCUT2D eigenvalue weighted by atomic mass is 9.99. The first kappa shape index (κ1) is 25.4. The maximum absolute atomic E-state index is 14.7. The number of hydrogen-bond donors (Lipinski definition) is 6. The van der Waals surface area contributed by atoms with Gasteiger partial charge in [0.25, 0.3) is 0 Å². The minimum Gasteiger partial charge on any atom is -0.479 e. The van der Waals surface area contributed by atoms with Gasteiger partial charge in [0.15, 0.2) is 17.7 Å². The van der Waals surface area contributed by atoms with E-state index in [-0.39, 0.29) is 18.5 Å². The van der Waals surface area contributed by atoms with Crippen molar-refractivity contribution in [2.75, 3.05) is 10.6 Å². The van der Waals surface area contributed by atoms with E-state index in [9.17, 15) is 38.5 Å². The molecule has 0 spiro atoms. The van der Waals surface area contributed by atoms with Crippen LogP contribution in [0.15, 0.2) is 42.5 Å². The van der Waals surface area contributed by atoms with Gasteiger partial charge in [-0.1, -0.05) is 0 Å². The molecule has 192 valence electrons. The van der Waals surface area contributed by atoms with Crippen LogP contribution >= 0.6 is 0 Å². The number of carboxylic acids is 1. The number of benzene rings is 2. The Morgan fingerprint density at radius 3 is 2.03 bits per heavy atom. The van der Waals surface area contributed by atoms with Crippen LogP contribution in [0.4, 0.5) is 20.2 Å². The van der Waals surface area contributed by atoms with Crippen molar-refractivity contribution < 1.29 is 53.1 Å². The predicted molar refractivity (Wildman–Crippen MR) is 117 cm³/mol. The average Bonchev–Trinajstić information content (AvgIpc) is 3.64. The van der Waals surface area contributed by atoms with Gasteiger partial charge >= 0.3 is 5.97 Å². The van der Waals surface area contributed by atoms with Crippen molar-refractivity contribution in [3.05, 3.63) is 54.1 Å². The highest BCUT2D eigenvalue weighted by Gasteiger charge is 2.56. The van der Waals surface area contributed by atoms with Crippen LogP contribution in [0.1, 0.15) is 12.8 Å². The smallest absolute Gasteiger partial charge is 0.335 e. The maximum Gasteiger partial charge on any atom is 0.335 e. The number of aliphatic hydroxyl groups is 3. The van der Waals surface area contributed by atoms with Gasteiger partial charge in [-0.3, -0.25) is 9.59 Å². The Labute approximate surface area is 202 Å². The normalized spacial score (nSPS) is 26.5. The van der Waals surface area contributed by atoms with Gasteiger partial charge in [-0.15, -0.1) is 0 Å². The highest BCUT2D eigenvalue weighted by atomic mass is 19.1. The van der Waals surface area contributed by atoms with Crippen LogP contribution in [-0.2, 0) is 19.1 Å². The third-order valence-corrected chi connectivity index (χ3v) is 5.97. The summed E-state index contributed by atoms with van der Waals surface area (Å²) in [7, 11) is 0. The average molecular weight is 508 g/mol. The van der Waals surface area contributed by atoms with Crippen LogP contribution in [0.5, 0.6) is 5.75 Å². The molecule has 0 bridgehead atoms. The molecule has 0 aromatic heterocycles. The van der Waals surface area contributed by atoms with Crippen LogP contribution in [0.2, 0.25) is 0 Å². The van der Waals surface area contributed by atoms with Gasteiger partial charge in [-0.25, -0.2) is 13.6 Å². The Bertz CT molecular complexity index is 1170. The van der Waals surface area contributed by atoms with Gasteiger partial charge in [0, 0.05) is 17.4 Å². The Balaban J connectivity index is 1.41. The molecule has 1 saturated heterocycles. The Hall–Kier alpha value is -3.65. The lowest BCUT2D eigenvalue weighted by Crippen LogP contribution is -2.61. The number of carboxylic acid groups (broad SMARTS) is 1. The van der Waals surface area contributed by atoms with Crippen molar-refractivity contribution in [2.24, 2.45) is 5.41 Å². The molecule has 0 radical (unpaired) electrons. The molecule has 0 unspecified atom stereocenters. The van der Waals surface area contributed by atoms with E-state index in [1.807, 2.05) is 0 Å². The molecule has 2 aromatic carbocycles. The quantitative estimate of drug-likeness (QED) is 0.293. The summed E-state index contributed by atoms with van der Waals surface area (Å²) in [5, 5.41) is 43.6. The molecule has 1 heterocycles. The predicted octanol–water partition coefficient (Wildman–Crippen LogP) is 0.593. The molecular formula is C23H22F2N2O9. The van der Waals surface area contributed by atoms with E-state index in [2.05, 4.69) is 10.6 Å². The summed E-state index contributed by atoms with van der Waals surface area (Å²) in [5.41, 5.74) is -1.08. The second-order valence-electron chi connectivity index (χ2n) is 8.50. The first-order chi connectivity index (χ1) is 17.0. The van der Waals surface area contributed by atoms with Gasteiger partial charge in [-0.2, -0.15) is 0 Å². The van der Waals surface area contributed by atoms with Crippen molar-refractivity contribution in [3.63, 3.8) is 0 Å². The number of carbonyl (C=O) groups is 3. The third kappa shape index (κ3) is 4.99. The molecule has 36 heavy (non-hydrogen) atoms. The lowest BCUT2D eigenvalue weighted by molar-refractivity contribution is -0.271. The molecule has 6 N–H and O–H groups in total. The van der Waals surface area contributed by atoms with E-state index in [4.69, 9.17) is 14.6 Å². The van der Waals surface area contributed by atoms with Gasteiger partial charge in [-0.05, 0) is 49.2 Å². The molecule has 2 aliphatic rings. The zero-order chi connectivity index (χ0) is 26.2. The van der Waals surface area contributed by atoms with Gasteiger partial charge in [0.2, 0.25) is 18.1 Å².